The van der Waals surface area contributed by atoms with Gasteiger partial charge in [0, 0.05) is 24.5 Å². The van der Waals surface area contributed by atoms with E-state index in [-0.39, 0.29) is 24.7 Å². The lowest BCUT2D eigenvalue weighted by atomic mass is 10.1. The first-order valence-corrected chi connectivity index (χ1v) is 7.15. The van der Waals surface area contributed by atoms with Gasteiger partial charge in [0.25, 0.3) is 0 Å². The molecule has 0 saturated carbocycles. The quantitative estimate of drug-likeness (QED) is 0.708. The molecule has 1 saturated heterocycles. The SMILES string of the molecule is Cc1c(N)cccc1NC(=O)C(C)N1CCOC(CO)C1. The maximum Gasteiger partial charge on any atom is 0.241 e. The summed E-state index contributed by atoms with van der Waals surface area (Å²) in [6.07, 6.45) is -0.219. The Kier molecular flexibility index (Phi) is 5.17. The number of hydrogen-bond donors (Lipinski definition) is 3. The molecule has 0 aliphatic carbocycles. The predicted octanol–water partition coefficient (Wildman–Crippen LogP) is 0.597. The number of carbonyl (C=O) groups is 1. The highest BCUT2D eigenvalue weighted by atomic mass is 16.5. The molecule has 1 amide bonds. The molecule has 4 N–H and O–H groups in total. The third kappa shape index (κ3) is 3.72. The normalized spacial score (nSPS) is 21.0. The molecule has 1 heterocycles. The van der Waals surface area contributed by atoms with Crippen molar-refractivity contribution in [1.82, 2.24) is 4.90 Å². The number of rotatable bonds is 4. The van der Waals surface area contributed by atoms with Crippen LogP contribution in [0.2, 0.25) is 0 Å². The summed E-state index contributed by atoms with van der Waals surface area (Å²) < 4.78 is 5.40. The van der Waals surface area contributed by atoms with Gasteiger partial charge in [0.1, 0.15) is 0 Å². The van der Waals surface area contributed by atoms with Crippen molar-refractivity contribution < 1.29 is 14.6 Å². The van der Waals surface area contributed by atoms with Crippen LogP contribution in [0.4, 0.5) is 11.4 Å². The number of carbonyl (C=O) groups excluding carboxylic acids is 1. The molecule has 21 heavy (non-hydrogen) atoms. The van der Waals surface area contributed by atoms with Crippen molar-refractivity contribution in [3.05, 3.63) is 23.8 Å². The van der Waals surface area contributed by atoms with Crippen molar-refractivity contribution in [1.29, 1.82) is 0 Å². The van der Waals surface area contributed by atoms with Crippen molar-refractivity contribution in [2.45, 2.75) is 26.0 Å². The van der Waals surface area contributed by atoms with Crippen LogP contribution < -0.4 is 11.1 Å². The molecule has 6 nitrogen and oxygen atoms in total. The highest BCUT2D eigenvalue weighted by Crippen LogP contribution is 2.21. The largest absolute Gasteiger partial charge is 0.398 e. The van der Waals surface area contributed by atoms with E-state index in [1.807, 2.05) is 36.9 Å². The number of nitrogens with one attached hydrogen (secondary N) is 1. The molecule has 116 valence electrons. The minimum absolute atomic E-state index is 0.0286. The van der Waals surface area contributed by atoms with Crippen LogP contribution in [0.25, 0.3) is 0 Å². The van der Waals surface area contributed by atoms with E-state index in [1.165, 1.54) is 0 Å². The number of aliphatic hydroxyl groups is 1. The first-order valence-electron chi connectivity index (χ1n) is 7.15. The Morgan fingerprint density at radius 3 is 3.10 bits per heavy atom. The third-order valence-electron chi connectivity index (χ3n) is 3.93. The fraction of sp³-hybridized carbons (Fsp3) is 0.533. The lowest BCUT2D eigenvalue weighted by Crippen LogP contribution is -2.51. The van der Waals surface area contributed by atoms with Gasteiger partial charge < -0.3 is 20.9 Å². The number of morpholine rings is 1. The number of benzene rings is 1. The maximum atomic E-state index is 12.4. The Morgan fingerprint density at radius 1 is 1.62 bits per heavy atom. The molecule has 0 radical (unpaired) electrons. The van der Waals surface area contributed by atoms with Crippen LogP contribution in [0.5, 0.6) is 0 Å². The second-order valence-electron chi connectivity index (χ2n) is 5.36. The number of aliphatic hydroxyl groups excluding tert-OH is 1. The minimum Gasteiger partial charge on any atom is -0.398 e. The number of nitrogens with zero attached hydrogens (tertiary/aromatic N) is 1. The average Bonchev–Trinajstić information content (AvgIpc) is 2.51. The van der Waals surface area contributed by atoms with Gasteiger partial charge in [-0.1, -0.05) is 6.07 Å². The average molecular weight is 293 g/mol. The molecule has 1 fully saturated rings. The summed E-state index contributed by atoms with van der Waals surface area (Å²) in [6.45, 7) is 5.48. The Bertz CT molecular complexity index is 507. The van der Waals surface area contributed by atoms with Crippen LogP contribution in [0, 0.1) is 6.92 Å². The Morgan fingerprint density at radius 2 is 2.38 bits per heavy atom. The van der Waals surface area contributed by atoms with Gasteiger partial charge in [-0.25, -0.2) is 0 Å². The molecule has 1 aliphatic heterocycles. The maximum absolute atomic E-state index is 12.4. The highest BCUT2D eigenvalue weighted by Gasteiger charge is 2.27. The summed E-state index contributed by atoms with van der Waals surface area (Å²) in [5.74, 6) is -0.0812. The topological polar surface area (TPSA) is 87.8 Å². The summed E-state index contributed by atoms with van der Waals surface area (Å²) in [5.41, 5.74) is 8.11. The number of amides is 1. The lowest BCUT2D eigenvalue weighted by Gasteiger charge is -2.35. The molecule has 2 unspecified atom stereocenters. The van der Waals surface area contributed by atoms with Crippen LogP contribution >= 0.6 is 0 Å². The molecule has 1 aromatic carbocycles. The van der Waals surface area contributed by atoms with Crippen LogP contribution in [0.1, 0.15) is 12.5 Å². The fourth-order valence-electron chi connectivity index (χ4n) is 2.40. The standard InChI is InChI=1S/C15H23N3O3/c1-10-13(16)4-3-5-14(10)17-15(20)11(2)18-6-7-21-12(8-18)9-19/h3-5,11-12,19H,6-9,16H2,1-2H3,(H,17,20). The number of nitrogen functional groups attached to an aromatic ring is 1. The minimum atomic E-state index is -0.288. The molecular formula is C15H23N3O3. The Labute approximate surface area is 124 Å². The first kappa shape index (κ1) is 15.8. The van der Waals surface area contributed by atoms with Crippen molar-refractivity contribution >= 4 is 17.3 Å². The first-order chi connectivity index (χ1) is 10.0. The lowest BCUT2D eigenvalue weighted by molar-refractivity contribution is -0.125. The fourth-order valence-corrected chi connectivity index (χ4v) is 2.40. The predicted molar refractivity (Wildman–Crippen MR) is 82.1 cm³/mol. The number of anilines is 2. The second kappa shape index (κ2) is 6.89. The Hall–Kier alpha value is -1.63. The van der Waals surface area contributed by atoms with Gasteiger partial charge in [-0.3, -0.25) is 9.69 Å². The van der Waals surface area contributed by atoms with Crippen molar-refractivity contribution in [2.75, 3.05) is 37.4 Å². The molecule has 0 spiro atoms. The second-order valence-corrected chi connectivity index (χ2v) is 5.36. The summed E-state index contributed by atoms with van der Waals surface area (Å²) in [5, 5.41) is 12.1. The smallest absolute Gasteiger partial charge is 0.241 e. The van der Waals surface area contributed by atoms with Gasteiger partial charge in [0.2, 0.25) is 5.91 Å². The molecule has 1 aliphatic rings. The molecule has 2 atom stereocenters. The Balaban J connectivity index is 2.00. The van der Waals surface area contributed by atoms with Gasteiger partial charge >= 0.3 is 0 Å². The van der Waals surface area contributed by atoms with Crippen LogP contribution in [-0.2, 0) is 9.53 Å². The van der Waals surface area contributed by atoms with Gasteiger partial charge in [-0.2, -0.15) is 0 Å². The molecule has 6 heteroatoms. The van der Waals surface area contributed by atoms with E-state index >= 15 is 0 Å². The van der Waals surface area contributed by atoms with Crippen molar-refractivity contribution in [2.24, 2.45) is 0 Å². The monoisotopic (exact) mass is 293 g/mol. The van der Waals surface area contributed by atoms with Crippen molar-refractivity contribution in [3.8, 4) is 0 Å². The van der Waals surface area contributed by atoms with E-state index < -0.39 is 0 Å². The number of nitrogens with two attached hydrogens (primary N) is 1. The van der Waals surface area contributed by atoms with Gasteiger partial charge in [0.05, 0.1) is 25.4 Å². The summed E-state index contributed by atoms with van der Waals surface area (Å²) in [7, 11) is 0. The molecule has 0 bridgehead atoms. The van der Waals surface area contributed by atoms with Crippen LogP contribution in [0.3, 0.4) is 0 Å². The third-order valence-corrected chi connectivity index (χ3v) is 3.93. The number of hydrogen-bond acceptors (Lipinski definition) is 5. The zero-order valence-electron chi connectivity index (χ0n) is 12.5. The zero-order chi connectivity index (χ0) is 15.4. The summed E-state index contributed by atoms with van der Waals surface area (Å²) in [6, 6.07) is 5.18. The molecular weight excluding hydrogens is 270 g/mol. The molecule has 1 aromatic rings. The van der Waals surface area contributed by atoms with Crippen molar-refractivity contribution in [3.63, 3.8) is 0 Å². The summed E-state index contributed by atoms with van der Waals surface area (Å²) >= 11 is 0. The van der Waals surface area contributed by atoms with Gasteiger partial charge in [-0.05, 0) is 31.5 Å². The van der Waals surface area contributed by atoms with Crippen LogP contribution in [-0.4, -0.2) is 54.4 Å². The highest BCUT2D eigenvalue weighted by molar-refractivity contribution is 5.95. The van der Waals surface area contributed by atoms with E-state index in [0.29, 0.717) is 25.4 Å². The van der Waals surface area contributed by atoms with Gasteiger partial charge in [0.15, 0.2) is 0 Å². The van der Waals surface area contributed by atoms with E-state index in [9.17, 15) is 4.79 Å². The summed E-state index contributed by atoms with van der Waals surface area (Å²) in [4.78, 5) is 14.4. The molecule has 2 rings (SSSR count). The van der Waals surface area contributed by atoms with Crippen LogP contribution in [0.15, 0.2) is 18.2 Å². The molecule has 0 aromatic heterocycles. The van der Waals surface area contributed by atoms with E-state index in [1.54, 1.807) is 0 Å². The van der Waals surface area contributed by atoms with Gasteiger partial charge in [-0.15, -0.1) is 0 Å². The zero-order valence-corrected chi connectivity index (χ0v) is 12.5. The van der Waals surface area contributed by atoms with E-state index in [0.717, 1.165) is 11.3 Å². The van der Waals surface area contributed by atoms with E-state index in [4.69, 9.17) is 15.6 Å². The van der Waals surface area contributed by atoms with E-state index in [2.05, 4.69) is 5.32 Å². The number of ether oxygens (including phenoxy) is 1.